The lowest BCUT2D eigenvalue weighted by Crippen LogP contribution is -2.43. The Bertz CT molecular complexity index is 713. The lowest BCUT2D eigenvalue weighted by Gasteiger charge is -2.32. The first-order valence-corrected chi connectivity index (χ1v) is 11.0. The van der Waals surface area contributed by atoms with Crippen LogP contribution in [0, 0.1) is 17.8 Å². The lowest BCUT2D eigenvalue weighted by atomic mass is 9.82. The van der Waals surface area contributed by atoms with Gasteiger partial charge in [-0.05, 0) is 64.7 Å². The normalized spacial score (nSPS) is 19.9. The number of nitrogens with zero attached hydrogens (tertiary/aromatic N) is 3. The highest BCUT2D eigenvalue weighted by atomic mass is 16.5. The molecule has 0 N–H and O–H groups in total. The smallest absolute Gasteiger partial charge is 0.343 e. The number of ether oxygens (including phenoxy) is 1. The molecule has 6 nitrogen and oxygen atoms in total. The van der Waals surface area contributed by atoms with Crippen molar-refractivity contribution in [2.45, 2.75) is 79.7 Å². The van der Waals surface area contributed by atoms with Gasteiger partial charge < -0.3 is 4.74 Å². The van der Waals surface area contributed by atoms with Gasteiger partial charge in [0.05, 0.1) is 6.61 Å². The van der Waals surface area contributed by atoms with E-state index in [0.29, 0.717) is 23.2 Å². The van der Waals surface area contributed by atoms with Crippen LogP contribution < -0.4 is 4.90 Å². The molecule has 1 saturated carbocycles. The Hall–Kier alpha value is -2.11. The van der Waals surface area contributed by atoms with E-state index in [1.807, 2.05) is 26.1 Å². The number of carbonyl (C=O) groups excluding carboxylic acids is 2. The summed E-state index contributed by atoms with van der Waals surface area (Å²) in [5.41, 5.74) is 0.340. The maximum absolute atomic E-state index is 13.4. The molecule has 0 aliphatic heterocycles. The standard InChI is InChI=1S/C23H37N3O3/c1-7-29-23(28)20-15-25(14-8-9-16(2)3)24-21(20)26(17(4)5)22(27)19-12-10-18(6)11-13-19/h8,14-19H,7,9-13H2,1-6H3/b14-8+/t18-,19-. The monoisotopic (exact) mass is 403 g/mol. The molecule has 1 amide bonds. The number of anilines is 1. The van der Waals surface area contributed by atoms with Crippen LogP contribution in [-0.2, 0) is 9.53 Å². The van der Waals surface area contributed by atoms with E-state index in [0.717, 1.165) is 32.1 Å². The molecule has 6 heteroatoms. The first-order valence-electron chi connectivity index (χ1n) is 11.0. The van der Waals surface area contributed by atoms with E-state index in [1.54, 1.807) is 22.7 Å². The number of hydrogen-bond acceptors (Lipinski definition) is 4. The third-order valence-corrected chi connectivity index (χ3v) is 5.42. The summed E-state index contributed by atoms with van der Waals surface area (Å²) >= 11 is 0. The highest BCUT2D eigenvalue weighted by molar-refractivity contribution is 6.02. The molecule has 0 atom stereocenters. The van der Waals surface area contributed by atoms with Crippen molar-refractivity contribution < 1.29 is 14.3 Å². The Morgan fingerprint density at radius 3 is 2.45 bits per heavy atom. The average Bonchev–Trinajstić information content (AvgIpc) is 3.05. The molecule has 0 aromatic carbocycles. The van der Waals surface area contributed by atoms with Gasteiger partial charge in [-0.1, -0.05) is 26.8 Å². The van der Waals surface area contributed by atoms with Crippen LogP contribution in [0.5, 0.6) is 0 Å². The molecule has 1 aliphatic rings. The fourth-order valence-corrected chi connectivity index (χ4v) is 3.74. The second-order valence-corrected chi connectivity index (χ2v) is 8.84. The zero-order chi connectivity index (χ0) is 21.6. The van der Waals surface area contributed by atoms with Crippen molar-refractivity contribution in [3.8, 4) is 0 Å². The summed E-state index contributed by atoms with van der Waals surface area (Å²) in [6, 6.07) is -0.0991. The van der Waals surface area contributed by atoms with Crippen molar-refractivity contribution in [2.75, 3.05) is 11.5 Å². The van der Waals surface area contributed by atoms with Crippen LogP contribution >= 0.6 is 0 Å². The number of hydrogen-bond donors (Lipinski definition) is 0. The molecule has 0 unspecified atom stereocenters. The van der Waals surface area contributed by atoms with Gasteiger partial charge in [-0.15, -0.1) is 5.10 Å². The third kappa shape index (κ3) is 6.18. The predicted octanol–water partition coefficient (Wildman–Crippen LogP) is 5.14. The van der Waals surface area contributed by atoms with Crippen LogP contribution in [0.15, 0.2) is 12.3 Å². The van der Waals surface area contributed by atoms with Crippen molar-refractivity contribution >= 4 is 23.9 Å². The minimum absolute atomic E-state index is 0.00900. The van der Waals surface area contributed by atoms with Crippen LogP contribution in [0.3, 0.4) is 0 Å². The van der Waals surface area contributed by atoms with E-state index in [9.17, 15) is 9.59 Å². The SMILES string of the molecule is CCOC(=O)c1cn(/C=C/CC(C)C)nc1N(C(=O)[C@H]1CC[C@H](C)CC1)C(C)C. The molecule has 1 aromatic rings. The molecule has 0 bridgehead atoms. The molecule has 1 aromatic heterocycles. The fourth-order valence-electron chi connectivity index (χ4n) is 3.74. The minimum atomic E-state index is -0.443. The Balaban J connectivity index is 2.37. The molecule has 1 heterocycles. The first kappa shape index (κ1) is 23.2. The van der Waals surface area contributed by atoms with E-state index in [-0.39, 0.29) is 24.5 Å². The molecule has 2 rings (SSSR count). The molecule has 1 aliphatic carbocycles. The summed E-state index contributed by atoms with van der Waals surface area (Å²) < 4.78 is 6.86. The molecule has 0 saturated heterocycles. The number of carbonyl (C=O) groups is 2. The summed E-state index contributed by atoms with van der Waals surface area (Å²) in [7, 11) is 0. The summed E-state index contributed by atoms with van der Waals surface area (Å²) in [6.07, 6.45) is 10.4. The van der Waals surface area contributed by atoms with Crippen molar-refractivity contribution in [1.29, 1.82) is 0 Å². The van der Waals surface area contributed by atoms with E-state index >= 15 is 0 Å². The number of allylic oxidation sites excluding steroid dienone is 1. The van der Waals surface area contributed by atoms with Gasteiger partial charge in [0.1, 0.15) is 5.56 Å². The molecule has 162 valence electrons. The van der Waals surface area contributed by atoms with Gasteiger partial charge in [0.2, 0.25) is 5.91 Å². The van der Waals surface area contributed by atoms with Crippen molar-refractivity contribution in [3.05, 3.63) is 17.8 Å². The van der Waals surface area contributed by atoms with Gasteiger partial charge in [-0.25, -0.2) is 9.48 Å². The molecule has 0 radical (unpaired) electrons. The maximum atomic E-state index is 13.4. The zero-order valence-corrected chi connectivity index (χ0v) is 18.9. The second-order valence-electron chi connectivity index (χ2n) is 8.84. The van der Waals surface area contributed by atoms with Crippen LogP contribution in [-0.4, -0.2) is 34.3 Å². The second kappa shape index (κ2) is 10.6. The average molecular weight is 404 g/mol. The third-order valence-electron chi connectivity index (χ3n) is 5.42. The molecule has 1 fully saturated rings. The van der Waals surface area contributed by atoms with Crippen LogP contribution in [0.4, 0.5) is 5.82 Å². The highest BCUT2D eigenvalue weighted by Gasteiger charge is 2.34. The maximum Gasteiger partial charge on any atom is 0.343 e. The molecular weight excluding hydrogens is 366 g/mol. The molecule has 29 heavy (non-hydrogen) atoms. The van der Waals surface area contributed by atoms with Gasteiger partial charge in [-0.3, -0.25) is 9.69 Å². The topological polar surface area (TPSA) is 64.4 Å². The van der Waals surface area contributed by atoms with E-state index in [2.05, 4.69) is 25.9 Å². The Morgan fingerprint density at radius 1 is 1.24 bits per heavy atom. The summed E-state index contributed by atoms with van der Waals surface area (Å²) in [5.74, 6) is 1.22. The highest BCUT2D eigenvalue weighted by Crippen LogP contribution is 2.32. The zero-order valence-electron chi connectivity index (χ0n) is 18.9. The van der Waals surface area contributed by atoms with Gasteiger partial charge in [-0.2, -0.15) is 0 Å². The Morgan fingerprint density at radius 2 is 1.90 bits per heavy atom. The van der Waals surface area contributed by atoms with Gasteiger partial charge >= 0.3 is 5.97 Å². The fraction of sp³-hybridized carbons (Fsp3) is 0.696. The van der Waals surface area contributed by atoms with Gasteiger partial charge in [0.15, 0.2) is 5.82 Å². The van der Waals surface area contributed by atoms with Crippen LogP contribution in [0.2, 0.25) is 0 Å². The van der Waals surface area contributed by atoms with Gasteiger partial charge in [0, 0.05) is 24.4 Å². The van der Waals surface area contributed by atoms with E-state index < -0.39 is 5.97 Å². The van der Waals surface area contributed by atoms with Crippen molar-refractivity contribution in [1.82, 2.24) is 9.78 Å². The largest absolute Gasteiger partial charge is 0.462 e. The summed E-state index contributed by atoms with van der Waals surface area (Å²) in [4.78, 5) is 27.7. The molecular formula is C23H37N3O3. The number of rotatable bonds is 8. The lowest BCUT2D eigenvalue weighted by molar-refractivity contribution is -0.123. The van der Waals surface area contributed by atoms with E-state index in [1.165, 1.54) is 0 Å². The quantitative estimate of drug-likeness (QED) is 0.564. The van der Waals surface area contributed by atoms with Gasteiger partial charge in [0.25, 0.3) is 0 Å². The first-order chi connectivity index (χ1) is 13.7. The number of aromatic nitrogens is 2. The molecule has 0 spiro atoms. The predicted molar refractivity (Wildman–Crippen MR) is 117 cm³/mol. The van der Waals surface area contributed by atoms with Crippen LogP contribution in [0.25, 0.3) is 6.20 Å². The van der Waals surface area contributed by atoms with Crippen LogP contribution in [0.1, 0.15) is 84.0 Å². The number of esters is 1. The summed E-state index contributed by atoms with van der Waals surface area (Å²) in [5, 5.41) is 4.60. The Labute approximate surface area is 175 Å². The minimum Gasteiger partial charge on any atom is -0.462 e. The number of amides is 1. The summed E-state index contributed by atoms with van der Waals surface area (Å²) in [6.45, 7) is 12.5. The van der Waals surface area contributed by atoms with E-state index in [4.69, 9.17) is 4.74 Å². The van der Waals surface area contributed by atoms with Crippen molar-refractivity contribution in [3.63, 3.8) is 0 Å². The Kier molecular flexibility index (Phi) is 8.47. The van der Waals surface area contributed by atoms with Crippen molar-refractivity contribution in [2.24, 2.45) is 17.8 Å².